The molecule has 0 aromatic heterocycles. The quantitative estimate of drug-likeness (QED) is 0.291. The third-order valence-corrected chi connectivity index (χ3v) is 4.96. The van der Waals surface area contributed by atoms with Crippen molar-refractivity contribution in [2.45, 2.75) is 9.79 Å². The molecule has 0 aliphatic heterocycles. The smallest absolute Gasteiger partial charge is 0.335 e. The Morgan fingerprint density at radius 3 is 2.25 bits per heavy atom. The number of esters is 2. The summed E-state index contributed by atoms with van der Waals surface area (Å²) in [6, 6.07) is 16.2. The molecular formula is C22H15ClO4S. The van der Waals surface area contributed by atoms with Gasteiger partial charge in [-0.3, -0.25) is 0 Å². The van der Waals surface area contributed by atoms with Crippen molar-refractivity contribution >= 4 is 46.1 Å². The SMILES string of the molecule is C=CC(=O)Oc1cc(Sc2ccccc2)c(OC(=O)C=C)c2ccc(Cl)cc12. The summed E-state index contributed by atoms with van der Waals surface area (Å²) in [6.07, 6.45) is 2.16. The van der Waals surface area contributed by atoms with E-state index in [0.717, 1.165) is 17.0 Å². The first-order valence-electron chi connectivity index (χ1n) is 8.19. The van der Waals surface area contributed by atoms with Crippen LogP contribution in [0.4, 0.5) is 0 Å². The third kappa shape index (κ3) is 4.44. The van der Waals surface area contributed by atoms with Crippen molar-refractivity contribution in [2.24, 2.45) is 0 Å². The molecule has 28 heavy (non-hydrogen) atoms. The molecule has 0 spiro atoms. The Bertz CT molecular complexity index is 1080. The van der Waals surface area contributed by atoms with E-state index in [9.17, 15) is 9.59 Å². The highest BCUT2D eigenvalue weighted by Gasteiger charge is 2.19. The summed E-state index contributed by atoms with van der Waals surface area (Å²) in [7, 11) is 0. The van der Waals surface area contributed by atoms with Gasteiger partial charge >= 0.3 is 11.9 Å². The molecule has 3 aromatic rings. The summed E-state index contributed by atoms with van der Waals surface area (Å²) in [5, 5.41) is 1.56. The predicted octanol–water partition coefficient (Wildman–Crippen LogP) is 5.83. The highest BCUT2D eigenvalue weighted by molar-refractivity contribution is 7.99. The Morgan fingerprint density at radius 2 is 1.57 bits per heavy atom. The zero-order valence-corrected chi connectivity index (χ0v) is 16.3. The van der Waals surface area contributed by atoms with Crippen molar-refractivity contribution in [3.05, 3.63) is 84.9 Å². The monoisotopic (exact) mass is 410 g/mol. The number of rotatable bonds is 6. The average molecular weight is 411 g/mol. The fourth-order valence-corrected chi connectivity index (χ4v) is 3.62. The fourth-order valence-electron chi connectivity index (χ4n) is 2.49. The van der Waals surface area contributed by atoms with Crippen LogP contribution in [0.2, 0.25) is 5.02 Å². The zero-order chi connectivity index (χ0) is 20.1. The average Bonchev–Trinajstić information content (AvgIpc) is 2.71. The van der Waals surface area contributed by atoms with E-state index in [4.69, 9.17) is 21.1 Å². The molecule has 0 saturated heterocycles. The number of carbonyl (C=O) groups excluding carboxylic acids is 2. The molecule has 0 heterocycles. The van der Waals surface area contributed by atoms with E-state index < -0.39 is 11.9 Å². The Labute approximate surface area is 171 Å². The fraction of sp³-hybridized carbons (Fsp3) is 0. The van der Waals surface area contributed by atoms with Gasteiger partial charge in [0.1, 0.15) is 5.75 Å². The van der Waals surface area contributed by atoms with Gasteiger partial charge in [-0.25, -0.2) is 9.59 Å². The van der Waals surface area contributed by atoms with Crippen LogP contribution in [0.25, 0.3) is 10.8 Å². The Balaban J connectivity index is 2.24. The molecule has 6 heteroatoms. The summed E-state index contributed by atoms with van der Waals surface area (Å²) in [5.41, 5.74) is 0. The van der Waals surface area contributed by atoms with Gasteiger partial charge in [-0.05, 0) is 36.4 Å². The van der Waals surface area contributed by atoms with Crippen LogP contribution in [0.15, 0.2) is 89.7 Å². The van der Waals surface area contributed by atoms with Crippen LogP contribution in [-0.4, -0.2) is 11.9 Å². The van der Waals surface area contributed by atoms with E-state index in [1.165, 1.54) is 11.8 Å². The number of benzene rings is 3. The van der Waals surface area contributed by atoms with E-state index in [1.807, 2.05) is 30.3 Å². The molecule has 0 fully saturated rings. The van der Waals surface area contributed by atoms with Crippen LogP contribution in [0.5, 0.6) is 11.5 Å². The number of hydrogen-bond donors (Lipinski definition) is 0. The molecule has 0 bridgehead atoms. The highest BCUT2D eigenvalue weighted by Crippen LogP contribution is 2.45. The molecule has 3 rings (SSSR count). The van der Waals surface area contributed by atoms with E-state index >= 15 is 0 Å². The summed E-state index contributed by atoms with van der Waals surface area (Å²) in [5.74, 6) is -0.571. The lowest BCUT2D eigenvalue weighted by Gasteiger charge is -2.15. The number of ether oxygens (including phenoxy) is 2. The van der Waals surface area contributed by atoms with E-state index in [0.29, 0.717) is 32.2 Å². The molecular weight excluding hydrogens is 396 g/mol. The largest absolute Gasteiger partial charge is 0.423 e. The molecule has 0 N–H and O–H groups in total. The minimum atomic E-state index is -0.604. The molecule has 4 nitrogen and oxygen atoms in total. The highest BCUT2D eigenvalue weighted by atomic mass is 35.5. The van der Waals surface area contributed by atoms with Crippen molar-refractivity contribution in [1.29, 1.82) is 0 Å². The van der Waals surface area contributed by atoms with Crippen molar-refractivity contribution in [3.63, 3.8) is 0 Å². The Kier molecular flexibility index (Phi) is 6.19. The van der Waals surface area contributed by atoms with Crippen molar-refractivity contribution in [1.82, 2.24) is 0 Å². The van der Waals surface area contributed by atoms with E-state index in [2.05, 4.69) is 13.2 Å². The maximum absolute atomic E-state index is 11.9. The van der Waals surface area contributed by atoms with Crippen LogP contribution < -0.4 is 9.47 Å². The van der Waals surface area contributed by atoms with Crippen molar-refractivity contribution in [3.8, 4) is 11.5 Å². The standard InChI is InChI=1S/C22H15ClO4S/c1-3-20(24)26-18-13-19(28-15-8-6-5-7-9-15)22(27-21(25)4-2)16-11-10-14(23)12-17(16)18/h3-13H,1-2H2. The molecule has 140 valence electrons. The van der Waals surface area contributed by atoms with Gasteiger partial charge in [0.2, 0.25) is 0 Å². The molecule has 0 aliphatic rings. The molecule has 0 aliphatic carbocycles. The first-order chi connectivity index (χ1) is 13.5. The molecule has 0 unspecified atom stereocenters. The first kappa shape index (κ1) is 19.7. The van der Waals surface area contributed by atoms with Gasteiger partial charge in [0.15, 0.2) is 5.75 Å². The second-order valence-corrected chi connectivity index (χ2v) is 7.11. The van der Waals surface area contributed by atoms with E-state index in [1.54, 1.807) is 24.3 Å². The third-order valence-electron chi connectivity index (χ3n) is 3.70. The Hall–Kier alpha value is -3.02. The topological polar surface area (TPSA) is 52.6 Å². The summed E-state index contributed by atoms with van der Waals surface area (Å²) in [6.45, 7) is 6.88. The van der Waals surface area contributed by atoms with Crippen LogP contribution in [0.3, 0.4) is 0 Å². The normalized spacial score (nSPS) is 10.3. The van der Waals surface area contributed by atoms with Gasteiger partial charge in [-0.2, -0.15) is 0 Å². The minimum Gasteiger partial charge on any atom is -0.423 e. The summed E-state index contributed by atoms with van der Waals surface area (Å²) >= 11 is 7.50. The summed E-state index contributed by atoms with van der Waals surface area (Å²) < 4.78 is 10.9. The van der Waals surface area contributed by atoms with Crippen LogP contribution in [-0.2, 0) is 9.59 Å². The van der Waals surface area contributed by atoms with Crippen LogP contribution >= 0.6 is 23.4 Å². The second kappa shape index (κ2) is 8.78. The van der Waals surface area contributed by atoms with Gasteiger partial charge in [-0.15, -0.1) is 0 Å². The maximum Gasteiger partial charge on any atom is 0.335 e. The second-order valence-electron chi connectivity index (χ2n) is 5.56. The molecule has 0 radical (unpaired) electrons. The number of carbonyl (C=O) groups is 2. The Morgan fingerprint density at radius 1 is 0.893 bits per heavy atom. The molecule has 0 amide bonds. The van der Waals surface area contributed by atoms with Crippen molar-refractivity contribution in [2.75, 3.05) is 0 Å². The van der Waals surface area contributed by atoms with Gasteiger partial charge in [0, 0.05) is 32.8 Å². The lowest BCUT2D eigenvalue weighted by molar-refractivity contribution is -0.130. The number of halogens is 1. The zero-order valence-electron chi connectivity index (χ0n) is 14.7. The van der Waals surface area contributed by atoms with E-state index in [-0.39, 0.29) is 0 Å². The van der Waals surface area contributed by atoms with Crippen LogP contribution in [0.1, 0.15) is 0 Å². The molecule has 0 atom stereocenters. The van der Waals surface area contributed by atoms with Gasteiger partial charge < -0.3 is 9.47 Å². The minimum absolute atomic E-state index is 0.291. The number of hydrogen-bond acceptors (Lipinski definition) is 5. The van der Waals surface area contributed by atoms with Gasteiger partial charge in [0.25, 0.3) is 0 Å². The van der Waals surface area contributed by atoms with Gasteiger partial charge in [-0.1, -0.05) is 54.7 Å². The predicted molar refractivity (Wildman–Crippen MR) is 111 cm³/mol. The van der Waals surface area contributed by atoms with Crippen molar-refractivity contribution < 1.29 is 19.1 Å². The maximum atomic E-state index is 11.9. The lowest BCUT2D eigenvalue weighted by atomic mass is 10.1. The van der Waals surface area contributed by atoms with Gasteiger partial charge in [0.05, 0.1) is 4.90 Å². The first-order valence-corrected chi connectivity index (χ1v) is 9.39. The molecule has 0 saturated carbocycles. The lowest BCUT2D eigenvalue weighted by Crippen LogP contribution is -2.07. The van der Waals surface area contributed by atoms with Crippen LogP contribution in [0, 0.1) is 0 Å². The molecule has 3 aromatic carbocycles. The summed E-state index contributed by atoms with van der Waals surface area (Å²) in [4.78, 5) is 25.3. The number of fused-ring (bicyclic) bond motifs is 1.